The maximum Gasteiger partial charge on any atom is 0.0862 e. The van der Waals surface area contributed by atoms with Crippen molar-refractivity contribution in [3.05, 3.63) is 82.6 Å². The summed E-state index contributed by atoms with van der Waals surface area (Å²) in [6.07, 6.45) is 0. The molecule has 2 aromatic heterocycles. The number of thiophene rings is 2. The highest BCUT2D eigenvalue weighted by molar-refractivity contribution is 7.85. The molecule has 0 saturated carbocycles. The average Bonchev–Trinajstić information content (AvgIpc) is 3.29. The molecule has 2 aromatic carbocycles. The number of rotatable bonds is 4. The van der Waals surface area contributed by atoms with Gasteiger partial charge in [0, 0.05) is 20.9 Å². The Hall–Kier alpha value is -2.01. The molecule has 0 aliphatic heterocycles. The van der Waals surface area contributed by atoms with Gasteiger partial charge in [0.2, 0.25) is 0 Å². The van der Waals surface area contributed by atoms with Gasteiger partial charge in [0.25, 0.3) is 0 Å². The Morgan fingerprint density at radius 1 is 0.692 bits per heavy atom. The molecule has 4 aromatic rings. The second kappa shape index (κ2) is 7.31. The van der Waals surface area contributed by atoms with Crippen molar-refractivity contribution in [1.82, 2.24) is 0 Å². The molecule has 0 unspecified atom stereocenters. The summed E-state index contributed by atoms with van der Waals surface area (Å²) in [5.41, 5.74) is 4.59. The van der Waals surface area contributed by atoms with Crippen LogP contribution in [0.15, 0.2) is 81.2 Å². The first-order chi connectivity index (χ1) is 12.6. The van der Waals surface area contributed by atoms with Crippen molar-refractivity contribution < 1.29 is 4.21 Å². The first kappa shape index (κ1) is 17.4. The monoisotopic (exact) mass is 394 g/mol. The second-order valence-electron chi connectivity index (χ2n) is 6.24. The van der Waals surface area contributed by atoms with E-state index in [0.717, 1.165) is 30.7 Å². The van der Waals surface area contributed by atoms with Crippen molar-refractivity contribution in [1.29, 1.82) is 0 Å². The molecule has 2 heterocycles. The molecule has 1 nitrogen and oxygen atoms in total. The highest BCUT2D eigenvalue weighted by atomic mass is 32.2. The highest BCUT2D eigenvalue weighted by Crippen LogP contribution is 2.37. The summed E-state index contributed by atoms with van der Waals surface area (Å²) in [5, 5.41) is 4.27. The van der Waals surface area contributed by atoms with Gasteiger partial charge in [0.15, 0.2) is 0 Å². The molecule has 4 heteroatoms. The Morgan fingerprint density at radius 2 is 1.12 bits per heavy atom. The minimum atomic E-state index is -1.24. The van der Waals surface area contributed by atoms with E-state index in [9.17, 15) is 4.21 Å². The Bertz CT molecular complexity index is 1000. The minimum absolute atomic E-state index is 0.870. The molecule has 0 N–H and O–H groups in total. The fraction of sp³-hybridized carbons (Fsp3) is 0.0909. The third-order valence-corrected chi connectivity index (χ3v) is 7.84. The molecule has 26 heavy (non-hydrogen) atoms. The SMILES string of the molecule is Cc1csc(-c2ccccc2S(=O)c2ccccc2-c2cc(C)cs2)c1. The van der Waals surface area contributed by atoms with Gasteiger partial charge in [-0.15, -0.1) is 22.7 Å². The molecule has 0 radical (unpaired) electrons. The second-order valence-corrected chi connectivity index (χ2v) is 9.48. The van der Waals surface area contributed by atoms with Crippen LogP contribution in [-0.2, 0) is 10.8 Å². The smallest absolute Gasteiger partial charge is 0.0862 e. The van der Waals surface area contributed by atoms with E-state index in [1.54, 1.807) is 22.7 Å². The molecule has 0 atom stereocenters. The van der Waals surface area contributed by atoms with Crippen molar-refractivity contribution in [2.24, 2.45) is 0 Å². The average molecular weight is 395 g/mol. The topological polar surface area (TPSA) is 17.1 Å². The third kappa shape index (κ3) is 3.32. The lowest BCUT2D eigenvalue weighted by Gasteiger charge is -2.11. The van der Waals surface area contributed by atoms with Gasteiger partial charge < -0.3 is 0 Å². The Kier molecular flexibility index (Phi) is 4.90. The maximum absolute atomic E-state index is 13.6. The van der Waals surface area contributed by atoms with Crippen LogP contribution in [0.4, 0.5) is 0 Å². The van der Waals surface area contributed by atoms with E-state index in [-0.39, 0.29) is 0 Å². The van der Waals surface area contributed by atoms with Crippen LogP contribution in [0.1, 0.15) is 11.1 Å². The number of hydrogen-bond donors (Lipinski definition) is 0. The molecular weight excluding hydrogens is 376 g/mol. The number of aryl methyl sites for hydroxylation is 2. The Labute approximate surface area is 164 Å². The van der Waals surface area contributed by atoms with Crippen LogP contribution in [0.5, 0.6) is 0 Å². The van der Waals surface area contributed by atoms with Crippen LogP contribution >= 0.6 is 22.7 Å². The van der Waals surface area contributed by atoms with E-state index in [1.165, 1.54) is 11.1 Å². The standard InChI is InChI=1S/C22H18OS3/c1-15-11-19(24-13-15)17-7-3-5-9-21(17)26(23)22-10-6-4-8-18(22)20-12-16(2)14-25-20/h3-14H,1-2H3. The van der Waals surface area contributed by atoms with Crippen LogP contribution in [0.25, 0.3) is 20.9 Å². The van der Waals surface area contributed by atoms with Crippen LogP contribution in [-0.4, -0.2) is 4.21 Å². The van der Waals surface area contributed by atoms with Gasteiger partial charge >= 0.3 is 0 Å². The Morgan fingerprint density at radius 3 is 1.50 bits per heavy atom. The van der Waals surface area contributed by atoms with Crippen molar-refractivity contribution in [3.63, 3.8) is 0 Å². The van der Waals surface area contributed by atoms with Crippen molar-refractivity contribution in [2.45, 2.75) is 23.6 Å². The zero-order valence-corrected chi connectivity index (χ0v) is 17.0. The predicted octanol–water partition coefficient (Wildman–Crippen LogP) is 6.93. The van der Waals surface area contributed by atoms with E-state index in [1.807, 2.05) is 36.4 Å². The first-order valence-corrected chi connectivity index (χ1v) is 11.3. The fourth-order valence-electron chi connectivity index (χ4n) is 2.93. The summed E-state index contributed by atoms with van der Waals surface area (Å²) in [5.74, 6) is 0. The summed E-state index contributed by atoms with van der Waals surface area (Å²) in [6.45, 7) is 4.18. The van der Waals surface area contributed by atoms with E-state index < -0.39 is 10.8 Å². The van der Waals surface area contributed by atoms with Gasteiger partial charge in [-0.05, 0) is 60.0 Å². The van der Waals surface area contributed by atoms with Crippen LogP contribution in [0.3, 0.4) is 0 Å². The summed E-state index contributed by atoms with van der Waals surface area (Å²) in [6, 6.07) is 20.4. The van der Waals surface area contributed by atoms with Crippen molar-refractivity contribution >= 4 is 33.5 Å². The van der Waals surface area contributed by atoms with E-state index in [4.69, 9.17) is 0 Å². The predicted molar refractivity (Wildman–Crippen MR) is 114 cm³/mol. The number of hydrogen-bond acceptors (Lipinski definition) is 3. The Balaban J connectivity index is 1.83. The fourth-order valence-corrected chi connectivity index (χ4v) is 6.33. The summed E-state index contributed by atoms with van der Waals surface area (Å²) >= 11 is 3.40. The summed E-state index contributed by atoms with van der Waals surface area (Å²) in [7, 11) is -1.24. The molecule has 0 saturated heterocycles. The van der Waals surface area contributed by atoms with E-state index in [2.05, 4.69) is 48.9 Å². The quantitative estimate of drug-likeness (QED) is 0.367. The van der Waals surface area contributed by atoms with Crippen LogP contribution in [0.2, 0.25) is 0 Å². The normalized spacial score (nSPS) is 11.2. The van der Waals surface area contributed by atoms with Crippen molar-refractivity contribution in [2.75, 3.05) is 0 Å². The van der Waals surface area contributed by atoms with Gasteiger partial charge in [0.1, 0.15) is 0 Å². The first-order valence-electron chi connectivity index (χ1n) is 8.34. The highest BCUT2D eigenvalue weighted by Gasteiger charge is 2.18. The molecule has 0 bridgehead atoms. The molecule has 0 aliphatic carbocycles. The zero-order valence-electron chi connectivity index (χ0n) is 14.6. The molecular formula is C22H18OS3. The van der Waals surface area contributed by atoms with Gasteiger partial charge in [-0.3, -0.25) is 0 Å². The van der Waals surface area contributed by atoms with E-state index >= 15 is 0 Å². The van der Waals surface area contributed by atoms with Gasteiger partial charge in [-0.2, -0.15) is 0 Å². The summed E-state index contributed by atoms with van der Waals surface area (Å²) in [4.78, 5) is 4.07. The lowest BCUT2D eigenvalue weighted by Crippen LogP contribution is -1.97. The molecule has 0 spiro atoms. The van der Waals surface area contributed by atoms with Gasteiger partial charge in [0.05, 0.1) is 20.6 Å². The zero-order chi connectivity index (χ0) is 18.1. The molecule has 0 amide bonds. The third-order valence-electron chi connectivity index (χ3n) is 4.17. The van der Waals surface area contributed by atoms with Crippen molar-refractivity contribution in [3.8, 4) is 20.9 Å². The van der Waals surface area contributed by atoms with Crippen LogP contribution < -0.4 is 0 Å². The minimum Gasteiger partial charge on any atom is -0.249 e. The lowest BCUT2D eigenvalue weighted by atomic mass is 10.1. The van der Waals surface area contributed by atoms with Gasteiger partial charge in [-0.25, -0.2) is 4.21 Å². The maximum atomic E-state index is 13.6. The molecule has 0 fully saturated rings. The molecule has 4 rings (SSSR count). The molecule has 130 valence electrons. The molecule has 0 aliphatic rings. The van der Waals surface area contributed by atoms with E-state index in [0.29, 0.717) is 0 Å². The van der Waals surface area contributed by atoms with Gasteiger partial charge in [-0.1, -0.05) is 36.4 Å². The number of benzene rings is 2. The van der Waals surface area contributed by atoms with Crippen LogP contribution in [0, 0.1) is 13.8 Å². The summed E-state index contributed by atoms with van der Waals surface area (Å²) < 4.78 is 13.6. The largest absolute Gasteiger partial charge is 0.249 e. The lowest BCUT2D eigenvalue weighted by molar-refractivity contribution is 0.683.